The lowest BCUT2D eigenvalue weighted by Gasteiger charge is -2.41. The van der Waals surface area contributed by atoms with Crippen molar-refractivity contribution in [1.82, 2.24) is 0 Å². The van der Waals surface area contributed by atoms with Gasteiger partial charge in [0, 0.05) is 25.7 Å². The normalized spacial score (nSPS) is 46.1. The molecule has 1 spiro atoms. The molecule has 2 unspecified atom stereocenters. The molecule has 0 saturated carbocycles. The summed E-state index contributed by atoms with van der Waals surface area (Å²) in [7, 11) is 0. The van der Waals surface area contributed by atoms with Crippen LogP contribution in [-0.4, -0.2) is 30.0 Å². The summed E-state index contributed by atoms with van der Waals surface area (Å²) >= 11 is 0. The highest BCUT2D eigenvalue weighted by Crippen LogP contribution is 2.49. The Bertz CT molecular complexity index is 439. The van der Waals surface area contributed by atoms with Gasteiger partial charge in [0.05, 0.1) is 18.3 Å². The van der Waals surface area contributed by atoms with E-state index in [0.29, 0.717) is 12.0 Å². The Balaban J connectivity index is 1.79. The summed E-state index contributed by atoms with van der Waals surface area (Å²) in [4.78, 5) is 3.60. The first-order chi connectivity index (χ1) is 9.04. The van der Waals surface area contributed by atoms with Gasteiger partial charge < -0.3 is 14.3 Å². The number of rotatable bonds is 2. The lowest BCUT2D eigenvalue weighted by atomic mass is 9.77. The van der Waals surface area contributed by atoms with E-state index in [0.717, 1.165) is 25.7 Å². The molecule has 2 fully saturated rings. The first-order valence-corrected chi connectivity index (χ1v) is 7.43. The molecular formula is C16H23NO2. The molecule has 0 radical (unpaired) electrons. The van der Waals surface area contributed by atoms with E-state index in [1.807, 2.05) is 6.92 Å². The van der Waals surface area contributed by atoms with Gasteiger partial charge in [0.15, 0.2) is 0 Å². The quantitative estimate of drug-likeness (QED) is 0.562. The molecule has 0 aromatic rings. The lowest BCUT2D eigenvalue weighted by molar-refractivity contribution is -0.141. The van der Waals surface area contributed by atoms with E-state index in [4.69, 9.17) is 16.0 Å². The maximum atomic E-state index is 7.10. The first kappa shape index (κ1) is 13.1. The molecular weight excluding hydrogens is 238 g/mol. The second kappa shape index (κ2) is 4.61. The zero-order valence-corrected chi connectivity index (χ0v) is 12.1. The Hall–Kier alpha value is -0.850. The maximum Gasteiger partial charge on any atom is 0.223 e. The molecule has 2 heterocycles. The van der Waals surface area contributed by atoms with Crippen LogP contribution in [0, 0.1) is 12.5 Å². The molecule has 3 rings (SSSR count). The van der Waals surface area contributed by atoms with Gasteiger partial charge in [0.25, 0.3) is 0 Å². The maximum absolute atomic E-state index is 7.10. The number of ether oxygens (including phenoxy) is 2. The van der Waals surface area contributed by atoms with Crippen molar-refractivity contribution in [1.29, 1.82) is 0 Å². The Morgan fingerprint density at radius 2 is 2.32 bits per heavy atom. The second-order valence-corrected chi connectivity index (χ2v) is 6.53. The molecule has 3 nitrogen and oxygen atoms in total. The third kappa shape index (κ3) is 2.11. The standard InChI is InChI=1S/C16H23NO2/c1-10-8-16-9-14(12(10)3)18-15(16)6-5-13(19-16)7-11(2)17-4/h8,11-15H,5-7,9H2,1-3H3/t11-,12+,13-,14?,15+,16?/m1/s1. The molecule has 2 aliphatic heterocycles. The van der Waals surface area contributed by atoms with Crippen molar-refractivity contribution < 1.29 is 9.47 Å². The molecule has 1 aliphatic carbocycles. The van der Waals surface area contributed by atoms with Crippen LogP contribution in [0.1, 0.15) is 46.5 Å². The Morgan fingerprint density at radius 1 is 1.53 bits per heavy atom. The Labute approximate surface area is 115 Å². The van der Waals surface area contributed by atoms with Gasteiger partial charge in [-0.2, -0.15) is 0 Å². The molecule has 19 heavy (non-hydrogen) atoms. The van der Waals surface area contributed by atoms with Crippen LogP contribution >= 0.6 is 0 Å². The molecule has 3 heteroatoms. The van der Waals surface area contributed by atoms with Gasteiger partial charge in [-0.25, -0.2) is 6.57 Å². The average molecular weight is 261 g/mol. The van der Waals surface area contributed by atoms with Crippen molar-refractivity contribution in [2.24, 2.45) is 5.92 Å². The summed E-state index contributed by atoms with van der Waals surface area (Å²) in [6.07, 6.45) is 7.05. The van der Waals surface area contributed by atoms with Gasteiger partial charge in [0.1, 0.15) is 5.60 Å². The van der Waals surface area contributed by atoms with Gasteiger partial charge in [0.2, 0.25) is 6.04 Å². The minimum atomic E-state index is -0.189. The monoisotopic (exact) mass is 261 g/mol. The largest absolute Gasteiger partial charge is 0.371 e. The zero-order valence-electron chi connectivity index (χ0n) is 12.1. The van der Waals surface area contributed by atoms with E-state index in [-0.39, 0.29) is 23.9 Å². The van der Waals surface area contributed by atoms with Crippen LogP contribution < -0.4 is 0 Å². The molecule has 104 valence electrons. The van der Waals surface area contributed by atoms with Crippen molar-refractivity contribution in [2.75, 3.05) is 0 Å². The third-order valence-electron chi connectivity index (χ3n) is 5.11. The van der Waals surface area contributed by atoms with E-state index in [2.05, 4.69) is 24.8 Å². The highest BCUT2D eigenvalue weighted by Gasteiger charge is 2.55. The number of hydrogen-bond acceptors (Lipinski definition) is 2. The molecule has 0 amide bonds. The second-order valence-electron chi connectivity index (χ2n) is 6.53. The topological polar surface area (TPSA) is 22.8 Å². The van der Waals surface area contributed by atoms with Crippen LogP contribution in [0.2, 0.25) is 0 Å². The van der Waals surface area contributed by atoms with Crippen LogP contribution in [0.15, 0.2) is 11.6 Å². The van der Waals surface area contributed by atoms with Crippen molar-refractivity contribution >= 4 is 0 Å². The zero-order chi connectivity index (χ0) is 13.6. The summed E-state index contributed by atoms with van der Waals surface area (Å²) in [5.74, 6) is 0.514. The van der Waals surface area contributed by atoms with Crippen molar-refractivity contribution in [2.45, 2.75) is 76.4 Å². The SMILES string of the molecule is [C-]#[N+][C@H](C)C[C@H]1CC[C@@H]2OC3CC2(C=C(C)[C@@H]3C)O1. The summed E-state index contributed by atoms with van der Waals surface area (Å²) in [5.41, 5.74) is 1.21. The average Bonchev–Trinajstić information content (AvgIpc) is 2.70. The van der Waals surface area contributed by atoms with Crippen LogP contribution in [0.4, 0.5) is 0 Å². The minimum Gasteiger partial charge on any atom is -0.371 e. The third-order valence-corrected chi connectivity index (χ3v) is 5.11. The van der Waals surface area contributed by atoms with E-state index in [9.17, 15) is 0 Å². The van der Waals surface area contributed by atoms with E-state index < -0.39 is 0 Å². The lowest BCUT2D eigenvalue weighted by Crippen LogP contribution is -2.48. The molecule has 0 aromatic carbocycles. The van der Waals surface area contributed by atoms with Crippen LogP contribution in [0.25, 0.3) is 4.85 Å². The van der Waals surface area contributed by atoms with Gasteiger partial charge in [-0.05, 0) is 19.8 Å². The summed E-state index contributed by atoms with van der Waals surface area (Å²) < 4.78 is 12.6. The smallest absolute Gasteiger partial charge is 0.223 e. The highest BCUT2D eigenvalue weighted by atomic mass is 16.6. The highest BCUT2D eigenvalue weighted by molar-refractivity contribution is 5.25. The molecule has 0 N–H and O–H groups in total. The molecule has 2 bridgehead atoms. The summed E-state index contributed by atoms with van der Waals surface area (Å²) in [6, 6.07) is 0.0589. The number of nitrogens with zero attached hydrogens (tertiary/aromatic N) is 1. The number of fused-ring (bicyclic) bond motifs is 1. The fourth-order valence-electron chi connectivity index (χ4n) is 3.85. The van der Waals surface area contributed by atoms with Gasteiger partial charge >= 0.3 is 0 Å². The van der Waals surface area contributed by atoms with Crippen molar-refractivity contribution in [3.05, 3.63) is 23.1 Å². The van der Waals surface area contributed by atoms with Crippen LogP contribution in [-0.2, 0) is 9.47 Å². The Morgan fingerprint density at radius 3 is 3.05 bits per heavy atom. The predicted molar refractivity (Wildman–Crippen MR) is 73.7 cm³/mol. The fraction of sp³-hybridized carbons (Fsp3) is 0.812. The summed E-state index contributed by atoms with van der Waals surface area (Å²) in [5, 5.41) is 0. The first-order valence-electron chi connectivity index (χ1n) is 7.43. The Kier molecular flexibility index (Phi) is 3.19. The fourth-order valence-corrected chi connectivity index (χ4v) is 3.85. The van der Waals surface area contributed by atoms with Crippen LogP contribution in [0.5, 0.6) is 0 Å². The van der Waals surface area contributed by atoms with Crippen LogP contribution in [0.3, 0.4) is 0 Å². The minimum absolute atomic E-state index is 0.0589. The summed E-state index contributed by atoms with van der Waals surface area (Å²) in [6.45, 7) is 13.5. The predicted octanol–water partition coefficient (Wildman–Crippen LogP) is 3.36. The van der Waals surface area contributed by atoms with Crippen molar-refractivity contribution in [3.8, 4) is 0 Å². The van der Waals surface area contributed by atoms with Crippen molar-refractivity contribution in [3.63, 3.8) is 0 Å². The molecule has 3 aliphatic rings. The molecule has 2 saturated heterocycles. The molecule has 6 atom stereocenters. The van der Waals surface area contributed by atoms with Gasteiger partial charge in [-0.1, -0.05) is 18.6 Å². The number of hydrogen-bond donors (Lipinski definition) is 0. The van der Waals surface area contributed by atoms with Gasteiger partial charge in [-0.3, -0.25) is 0 Å². The van der Waals surface area contributed by atoms with E-state index in [1.165, 1.54) is 5.57 Å². The van der Waals surface area contributed by atoms with E-state index >= 15 is 0 Å². The molecule has 0 aromatic heterocycles. The van der Waals surface area contributed by atoms with Gasteiger partial charge in [-0.15, -0.1) is 0 Å². The van der Waals surface area contributed by atoms with E-state index in [1.54, 1.807) is 0 Å².